The highest BCUT2D eigenvalue weighted by molar-refractivity contribution is 7.89. The predicted octanol–water partition coefficient (Wildman–Crippen LogP) is 4.45. The van der Waals surface area contributed by atoms with Crippen molar-refractivity contribution in [1.82, 2.24) is 14.5 Å². The summed E-state index contributed by atoms with van der Waals surface area (Å²) in [4.78, 5) is -0.145. The summed E-state index contributed by atoms with van der Waals surface area (Å²) in [5.41, 5.74) is -0.376. The van der Waals surface area contributed by atoms with E-state index in [4.69, 9.17) is 23.2 Å². The van der Waals surface area contributed by atoms with E-state index in [9.17, 15) is 21.6 Å². The largest absolute Gasteiger partial charge is 0.435 e. The maximum atomic E-state index is 12.9. The molecule has 1 aromatic carbocycles. The lowest BCUT2D eigenvalue weighted by molar-refractivity contribution is -0.141. The smallest absolute Gasteiger partial charge is 0.269 e. The highest BCUT2D eigenvalue weighted by Gasteiger charge is 2.37. The van der Waals surface area contributed by atoms with Crippen LogP contribution in [0, 0.1) is 0 Å². The normalized spacial score (nSPS) is 15.3. The third-order valence-electron chi connectivity index (χ3n) is 4.12. The number of aromatic nitrogens is 2. The van der Waals surface area contributed by atoms with Gasteiger partial charge in [0, 0.05) is 29.7 Å². The average Bonchev–Trinajstić information content (AvgIpc) is 3.32. The SMILES string of the molecule is O=S(=O)(NCCCn1nc(C(F)(F)F)cc1C1CC1)c1cc(Cl)ccc1Cl. The van der Waals surface area contributed by atoms with Crippen LogP contribution in [0.2, 0.25) is 10.0 Å². The molecule has 11 heteroatoms. The first-order valence-electron chi connectivity index (χ1n) is 8.17. The Morgan fingerprint density at radius 2 is 1.93 bits per heavy atom. The third kappa shape index (κ3) is 4.96. The Bertz CT molecular complexity index is 941. The van der Waals surface area contributed by atoms with Crippen molar-refractivity contribution in [2.24, 2.45) is 0 Å². The number of hydrogen-bond donors (Lipinski definition) is 1. The highest BCUT2D eigenvalue weighted by Crippen LogP contribution is 2.42. The predicted molar refractivity (Wildman–Crippen MR) is 95.5 cm³/mol. The van der Waals surface area contributed by atoms with E-state index in [1.165, 1.54) is 22.9 Å². The summed E-state index contributed by atoms with van der Waals surface area (Å²) in [5.74, 6) is 0.0931. The second-order valence-electron chi connectivity index (χ2n) is 6.28. The summed E-state index contributed by atoms with van der Waals surface area (Å²) in [6, 6.07) is 5.16. The fourth-order valence-electron chi connectivity index (χ4n) is 2.65. The number of rotatable bonds is 7. The Morgan fingerprint density at radius 3 is 2.56 bits per heavy atom. The van der Waals surface area contributed by atoms with E-state index in [1.807, 2.05) is 0 Å². The standard InChI is InChI=1S/C16H16Cl2F3N3O2S/c17-11-4-5-12(18)14(8-11)27(25,26)22-6-1-7-24-13(10-2-3-10)9-15(23-24)16(19,20)21/h4-5,8-10,22H,1-3,6-7H2. The van der Waals surface area contributed by atoms with Crippen LogP contribution in [-0.2, 0) is 22.7 Å². The van der Waals surface area contributed by atoms with Gasteiger partial charge in [-0.25, -0.2) is 13.1 Å². The molecule has 1 aromatic heterocycles. The van der Waals surface area contributed by atoms with Gasteiger partial charge in [-0.15, -0.1) is 0 Å². The van der Waals surface area contributed by atoms with Crippen molar-refractivity contribution in [3.63, 3.8) is 0 Å². The van der Waals surface area contributed by atoms with Crippen molar-refractivity contribution in [3.05, 3.63) is 45.7 Å². The summed E-state index contributed by atoms with van der Waals surface area (Å²) < 4.78 is 67.0. The van der Waals surface area contributed by atoms with Crippen LogP contribution in [0.4, 0.5) is 13.2 Å². The molecule has 0 atom stereocenters. The van der Waals surface area contributed by atoms with Crippen LogP contribution in [-0.4, -0.2) is 24.7 Å². The van der Waals surface area contributed by atoms with Crippen LogP contribution >= 0.6 is 23.2 Å². The van der Waals surface area contributed by atoms with Gasteiger partial charge in [0.05, 0.1) is 5.02 Å². The zero-order chi connectivity index (χ0) is 19.8. The molecular formula is C16H16Cl2F3N3O2S. The van der Waals surface area contributed by atoms with Crippen molar-refractivity contribution in [3.8, 4) is 0 Å². The van der Waals surface area contributed by atoms with Crippen molar-refractivity contribution < 1.29 is 21.6 Å². The number of nitrogens with zero attached hydrogens (tertiary/aromatic N) is 2. The molecule has 1 N–H and O–H groups in total. The molecule has 1 aliphatic carbocycles. The molecule has 0 amide bonds. The van der Waals surface area contributed by atoms with Gasteiger partial charge in [0.15, 0.2) is 5.69 Å². The summed E-state index contributed by atoms with van der Waals surface area (Å²) in [6.07, 6.45) is -2.55. The molecule has 0 unspecified atom stereocenters. The van der Waals surface area contributed by atoms with Crippen LogP contribution in [0.25, 0.3) is 0 Å². The highest BCUT2D eigenvalue weighted by atomic mass is 35.5. The molecule has 0 spiro atoms. The number of sulfonamides is 1. The monoisotopic (exact) mass is 441 g/mol. The van der Waals surface area contributed by atoms with Gasteiger partial charge in [-0.05, 0) is 43.5 Å². The fourth-order valence-corrected chi connectivity index (χ4v) is 4.49. The van der Waals surface area contributed by atoms with E-state index >= 15 is 0 Å². The average molecular weight is 442 g/mol. The molecule has 1 heterocycles. The molecule has 1 fully saturated rings. The van der Waals surface area contributed by atoms with E-state index < -0.39 is 21.9 Å². The Balaban J connectivity index is 1.63. The number of aryl methyl sites for hydroxylation is 1. The zero-order valence-corrected chi connectivity index (χ0v) is 16.3. The molecule has 0 bridgehead atoms. The van der Waals surface area contributed by atoms with Gasteiger partial charge in [-0.2, -0.15) is 18.3 Å². The number of benzene rings is 1. The minimum atomic E-state index is -4.50. The van der Waals surface area contributed by atoms with Gasteiger partial charge >= 0.3 is 6.18 Å². The summed E-state index contributed by atoms with van der Waals surface area (Å²) in [7, 11) is -3.88. The lowest BCUT2D eigenvalue weighted by Crippen LogP contribution is -2.26. The third-order valence-corrected chi connectivity index (χ3v) is 6.30. The van der Waals surface area contributed by atoms with Gasteiger partial charge in [-0.1, -0.05) is 23.2 Å². The Morgan fingerprint density at radius 1 is 1.22 bits per heavy atom. The lowest BCUT2D eigenvalue weighted by Gasteiger charge is -2.10. The zero-order valence-electron chi connectivity index (χ0n) is 13.9. The molecule has 27 heavy (non-hydrogen) atoms. The molecule has 1 aliphatic rings. The van der Waals surface area contributed by atoms with Crippen molar-refractivity contribution in [2.45, 2.75) is 42.8 Å². The first-order chi connectivity index (χ1) is 12.6. The quantitative estimate of drug-likeness (QED) is 0.645. The first kappa shape index (κ1) is 20.4. The fraction of sp³-hybridized carbons (Fsp3) is 0.438. The second kappa shape index (κ2) is 7.62. The van der Waals surface area contributed by atoms with E-state index in [2.05, 4.69) is 9.82 Å². The van der Waals surface area contributed by atoms with Crippen molar-refractivity contribution >= 4 is 33.2 Å². The minimum Gasteiger partial charge on any atom is -0.269 e. The number of nitrogens with one attached hydrogen (secondary N) is 1. The number of alkyl halides is 3. The maximum Gasteiger partial charge on any atom is 0.435 e. The van der Waals surface area contributed by atoms with Gasteiger partial charge < -0.3 is 0 Å². The molecule has 2 aromatic rings. The number of halogens is 5. The number of hydrogen-bond acceptors (Lipinski definition) is 3. The minimum absolute atomic E-state index is 0.0243. The van der Waals surface area contributed by atoms with Crippen molar-refractivity contribution in [1.29, 1.82) is 0 Å². The van der Waals surface area contributed by atoms with Crippen LogP contribution in [0.5, 0.6) is 0 Å². The summed E-state index contributed by atoms with van der Waals surface area (Å²) in [6.45, 7) is 0.199. The van der Waals surface area contributed by atoms with Gasteiger partial charge in [0.2, 0.25) is 10.0 Å². The van der Waals surface area contributed by atoms with E-state index in [0.717, 1.165) is 18.9 Å². The molecule has 3 rings (SSSR count). The Labute approximate surface area is 164 Å². The molecule has 1 saturated carbocycles. The molecule has 5 nitrogen and oxygen atoms in total. The molecular weight excluding hydrogens is 426 g/mol. The second-order valence-corrected chi connectivity index (χ2v) is 8.85. The van der Waals surface area contributed by atoms with Gasteiger partial charge in [-0.3, -0.25) is 4.68 Å². The van der Waals surface area contributed by atoms with E-state index in [-0.39, 0.29) is 40.4 Å². The molecule has 0 aliphatic heterocycles. The van der Waals surface area contributed by atoms with Crippen LogP contribution in [0.15, 0.2) is 29.2 Å². The summed E-state index contributed by atoms with van der Waals surface area (Å²) in [5, 5.41) is 3.90. The molecule has 148 valence electrons. The summed E-state index contributed by atoms with van der Waals surface area (Å²) >= 11 is 11.7. The van der Waals surface area contributed by atoms with E-state index in [1.54, 1.807) is 0 Å². The van der Waals surface area contributed by atoms with Gasteiger partial charge in [0.25, 0.3) is 0 Å². The van der Waals surface area contributed by atoms with Gasteiger partial charge in [0.1, 0.15) is 4.90 Å². The first-order valence-corrected chi connectivity index (χ1v) is 10.4. The Hall–Kier alpha value is -1.29. The van der Waals surface area contributed by atoms with Crippen molar-refractivity contribution in [2.75, 3.05) is 6.54 Å². The van der Waals surface area contributed by atoms with Crippen LogP contribution in [0.1, 0.15) is 36.6 Å². The molecule has 0 saturated heterocycles. The Kier molecular flexibility index (Phi) is 5.77. The maximum absolute atomic E-state index is 12.9. The molecule has 0 radical (unpaired) electrons. The lowest BCUT2D eigenvalue weighted by atomic mass is 10.2. The van der Waals surface area contributed by atoms with E-state index in [0.29, 0.717) is 5.69 Å². The van der Waals surface area contributed by atoms with Crippen LogP contribution in [0.3, 0.4) is 0 Å². The van der Waals surface area contributed by atoms with Crippen LogP contribution < -0.4 is 4.72 Å². The topological polar surface area (TPSA) is 64.0 Å².